The number of hydrogen-bond acceptors (Lipinski definition) is 6. The van der Waals surface area contributed by atoms with Crippen LogP contribution in [0.15, 0.2) is 12.3 Å². The molecule has 0 N–H and O–H groups in total. The van der Waals surface area contributed by atoms with Crippen molar-refractivity contribution in [3.8, 4) is 0 Å². The second-order valence-corrected chi connectivity index (χ2v) is 8.46. The maximum absolute atomic E-state index is 12.4. The van der Waals surface area contributed by atoms with E-state index >= 15 is 0 Å². The van der Waals surface area contributed by atoms with Crippen LogP contribution < -0.4 is 4.90 Å². The second-order valence-electron chi connectivity index (χ2n) is 7.66. The molecule has 26 heavy (non-hydrogen) atoms. The van der Waals surface area contributed by atoms with Gasteiger partial charge in [0.15, 0.2) is 16.6 Å². The average molecular weight is 396 g/mol. The van der Waals surface area contributed by atoms with E-state index in [0.717, 1.165) is 6.42 Å². The minimum atomic E-state index is -0.501. The summed E-state index contributed by atoms with van der Waals surface area (Å²) in [6.45, 7) is 6.85. The summed E-state index contributed by atoms with van der Waals surface area (Å²) in [6.07, 6.45) is 2.14. The topological polar surface area (TPSA) is 71.5 Å². The predicted octanol–water partition coefficient (Wildman–Crippen LogP) is 3.53. The van der Waals surface area contributed by atoms with Crippen LogP contribution in [0.3, 0.4) is 0 Å². The smallest absolute Gasteiger partial charge is 0.410 e. The number of ether oxygens (including phenoxy) is 1. The van der Waals surface area contributed by atoms with Crippen LogP contribution in [0.1, 0.15) is 27.2 Å². The molecule has 138 valence electrons. The van der Waals surface area contributed by atoms with E-state index in [2.05, 4.69) is 19.9 Å². The molecule has 0 radical (unpaired) electrons. The van der Waals surface area contributed by atoms with Gasteiger partial charge in [0.05, 0.1) is 17.1 Å². The molecule has 0 aromatic carbocycles. The van der Waals surface area contributed by atoms with E-state index in [1.54, 1.807) is 11.0 Å². The van der Waals surface area contributed by atoms with Gasteiger partial charge in [0.1, 0.15) is 11.1 Å². The zero-order valence-corrected chi connectivity index (χ0v) is 16.3. The molecule has 7 nitrogen and oxygen atoms in total. The Bertz CT molecular complexity index is 885. The Hall–Kier alpha value is -1.86. The van der Waals surface area contributed by atoms with Crippen molar-refractivity contribution in [1.29, 1.82) is 0 Å². The Morgan fingerprint density at radius 3 is 2.65 bits per heavy atom. The fourth-order valence-corrected chi connectivity index (χ4v) is 3.94. The van der Waals surface area contributed by atoms with Gasteiger partial charge >= 0.3 is 6.09 Å². The third-order valence-electron chi connectivity index (χ3n) is 4.57. The fraction of sp³-hybridized carbons (Fsp3) is 0.529. The highest BCUT2D eigenvalue weighted by Gasteiger charge is 2.47. The SMILES string of the molecule is CC(C)(C)OC(=O)N1CC2CC1CN2c1nc2ncc(Cl)cc2nc1Cl. The van der Waals surface area contributed by atoms with Crippen molar-refractivity contribution in [2.75, 3.05) is 18.0 Å². The van der Waals surface area contributed by atoms with E-state index < -0.39 is 5.60 Å². The molecule has 4 heterocycles. The first-order valence-corrected chi connectivity index (χ1v) is 9.22. The minimum absolute atomic E-state index is 0.0848. The highest BCUT2D eigenvalue weighted by Crippen LogP contribution is 2.37. The largest absolute Gasteiger partial charge is 0.444 e. The van der Waals surface area contributed by atoms with Gasteiger partial charge in [-0.3, -0.25) is 0 Å². The van der Waals surface area contributed by atoms with E-state index in [1.165, 1.54) is 6.20 Å². The number of aromatic nitrogens is 3. The highest BCUT2D eigenvalue weighted by molar-refractivity contribution is 6.32. The lowest BCUT2D eigenvalue weighted by Crippen LogP contribution is -2.50. The summed E-state index contributed by atoms with van der Waals surface area (Å²) in [7, 11) is 0. The van der Waals surface area contributed by atoms with Gasteiger partial charge in [-0.25, -0.2) is 19.7 Å². The maximum atomic E-state index is 12.4. The monoisotopic (exact) mass is 395 g/mol. The van der Waals surface area contributed by atoms with Gasteiger partial charge in [0, 0.05) is 19.3 Å². The van der Waals surface area contributed by atoms with Crippen LogP contribution in [0, 0.1) is 0 Å². The van der Waals surface area contributed by atoms with E-state index in [9.17, 15) is 4.79 Å². The number of rotatable bonds is 1. The summed E-state index contributed by atoms with van der Waals surface area (Å²) in [4.78, 5) is 29.5. The molecule has 2 aromatic heterocycles. The highest BCUT2D eigenvalue weighted by atomic mass is 35.5. The third-order valence-corrected chi connectivity index (χ3v) is 5.03. The summed E-state index contributed by atoms with van der Waals surface area (Å²) >= 11 is 12.3. The molecule has 9 heteroatoms. The van der Waals surface area contributed by atoms with Gasteiger partial charge in [0.2, 0.25) is 0 Å². The van der Waals surface area contributed by atoms with Crippen molar-refractivity contribution in [2.45, 2.75) is 44.9 Å². The summed E-state index contributed by atoms with van der Waals surface area (Å²) in [5.41, 5.74) is 0.560. The second kappa shape index (κ2) is 6.09. The number of carbonyl (C=O) groups is 1. The normalized spacial score (nSPS) is 22.3. The number of anilines is 1. The van der Waals surface area contributed by atoms with Gasteiger partial charge in [-0.15, -0.1) is 0 Å². The molecule has 2 aromatic rings. The maximum Gasteiger partial charge on any atom is 0.410 e. The van der Waals surface area contributed by atoms with E-state index in [0.29, 0.717) is 40.2 Å². The molecular formula is C17H19Cl2N5O2. The zero-order chi connectivity index (χ0) is 18.6. The summed E-state index contributed by atoms with van der Waals surface area (Å²) in [5, 5.41) is 0.807. The molecule has 2 unspecified atom stereocenters. The van der Waals surface area contributed by atoms with Crippen molar-refractivity contribution in [1.82, 2.24) is 19.9 Å². The first-order chi connectivity index (χ1) is 12.2. The van der Waals surface area contributed by atoms with Crippen LogP contribution in [-0.2, 0) is 4.74 Å². The van der Waals surface area contributed by atoms with Gasteiger partial charge < -0.3 is 14.5 Å². The lowest BCUT2D eigenvalue weighted by atomic mass is 10.2. The fourth-order valence-electron chi connectivity index (χ4n) is 3.55. The number of pyridine rings is 1. The molecule has 0 aliphatic carbocycles. The third kappa shape index (κ3) is 3.14. The predicted molar refractivity (Wildman–Crippen MR) is 99.8 cm³/mol. The van der Waals surface area contributed by atoms with Gasteiger partial charge in [-0.05, 0) is 33.3 Å². The number of nitrogens with zero attached hydrogens (tertiary/aromatic N) is 5. The molecular weight excluding hydrogens is 377 g/mol. The Kier molecular flexibility index (Phi) is 4.11. The number of fused-ring (bicyclic) bond motifs is 3. The molecule has 0 spiro atoms. The van der Waals surface area contributed by atoms with Crippen LogP contribution in [0.4, 0.5) is 10.6 Å². The van der Waals surface area contributed by atoms with E-state index in [4.69, 9.17) is 27.9 Å². The summed E-state index contributed by atoms with van der Waals surface area (Å²) in [6, 6.07) is 1.91. The molecule has 0 saturated carbocycles. The van der Waals surface area contributed by atoms with Gasteiger partial charge in [0.25, 0.3) is 0 Å². The number of carbonyl (C=O) groups excluding carboxylic acids is 1. The molecule has 2 fully saturated rings. The first-order valence-electron chi connectivity index (χ1n) is 8.46. The van der Waals surface area contributed by atoms with Crippen LogP contribution in [0.2, 0.25) is 10.2 Å². The van der Waals surface area contributed by atoms with E-state index in [-0.39, 0.29) is 18.2 Å². The molecule has 2 saturated heterocycles. The summed E-state index contributed by atoms with van der Waals surface area (Å²) in [5.74, 6) is 0.602. The van der Waals surface area contributed by atoms with Crippen LogP contribution >= 0.6 is 23.2 Å². The first kappa shape index (κ1) is 17.5. The number of piperazine rings is 1. The minimum Gasteiger partial charge on any atom is -0.444 e. The van der Waals surface area contributed by atoms with E-state index in [1.807, 2.05) is 20.8 Å². The Labute approximate surface area is 161 Å². The van der Waals surface area contributed by atoms with Gasteiger partial charge in [-0.1, -0.05) is 23.2 Å². The van der Waals surface area contributed by atoms with Crippen molar-refractivity contribution < 1.29 is 9.53 Å². The molecule has 1 amide bonds. The van der Waals surface area contributed by atoms with Gasteiger partial charge in [-0.2, -0.15) is 0 Å². The van der Waals surface area contributed by atoms with Crippen molar-refractivity contribution in [3.05, 3.63) is 22.4 Å². The molecule has 4 rings (SSSR count). The Morgan fingerprint density at radius 2 is 2.00 bits per heavy atom. The standard InChI is InChI=1S/C17H19Cl2N5O2/c1-17(2,3)26-16(25)24-8-10-5-11(24)7-23(10)15-13(19)21-12-4-9(18)6-20-14(12)22-15/h4,6,10-11H,5,7-8H2,1-3H3. The summed E-state index contributed by atoms with van der Waals surface area (Å²) < 4.78 is 5.50. The zero-order valence-electron chi connectivity index (χ0n) is 14.7. The Balaban J connectivity index is 1.55. The Morgan fingerprint density at radius 1 is 1.23 bits per heavy atom. The molecule has 2 bridgehead atoms. The lowest BCUT2D eigenvalue weighted by Gasteiger charge is -2.35. The van der Waals surface area contributed by atoms with Crippen molar-refractivity contribution in [3.63, 3.8) is 0 Å². The van der Waals surface area contributed by atoms with Crippen molar-refractivity contribution >= 4 is 46.3 Å². The van der Waals surface area contributed by atoms with Crippen LogP contribution in [0.25, 0.3) is 11.2 Å². The number of likely N-dealkylation sites (tertiary alicyclic amines) is 1. The van der Waals surface area contributed by atoms with Crippen LogP contribution in [-0.4, -0.2) is 56.7 Å². The number of halogens is 2. The quantitative estimate of drug-likeness (QED) is 0.735. The average Bonchev–Trinajstić information content (AvgIpc) is 3.12. The van der Waals surface area contributed by atoms with Crippen molar-refractivity contribution in [2.24, 2.45) is 0 Å². The molecule has 2 atom stereocenters. The van der Waals surface area contributed by atoms with Crippen LogP contribution in [0.5, 0.6) is 0 Å². The number of hydrogen-bond donors (Lipinski definition) is 0. The molecule has 2 aliphatic heterocycles. The number of amides is 1. The lowest BCUT2D eigenvalue weighted by molar-refractivity contribution is 0.0214. The molecule has 2 aliphatic rings.